The van der Waals surface area contributed by atoms with E-state index in [4.69, 9.17) is 14.2 Å². The number of benzene rings is 1. The van der Waals surface area contributed by atoms with Crippen LogP contribution in [-0.4, -0.2) is 57.5 Å². The Kier molecular flexibility index (Phi) is 4.40. The van der Waals surface area contributed by atoms with Crippen LogP contribution in [0.5, 0.6) is 11.5 Å². The lowest BCUT2D eigenvalue weighted by molar-refractivity contribution is -0.0803. The van der Waals surface area contributed by atoms with E-state index < -0.39 is 0 Å². The first-order valence-corrected chi connectivity index (χ1v) is 7.19. The van der Waals surface area contributed by atoms with E-state index in [9.17, 15) is 0 Å². The van der Waals surface area contributed by atoms with Crippen LogP contribution in [-0.2, 0) is 11.3 Å². The van der Waals surface area contributed by atoms with E-state index in [0.29, 0.717) is 13.2 Å². The van der Waals surface area contributed by atoms with Gasteiger partial charge in [-0.1, -0.05) is 6.07 Å². The van der Waals surface area contributed by atoms with Crippen LogP contribution in [0.3, 0.4) is 0 Å². The van der Waals surface area contributed by atoms with Gasteiger partial charge in [0.25, 0.3) is 0 Å². The smallest absolute Gasteiger partial charge is 0.161 e. The molecule has 1 aromatic rings. The second-order valence-corrected chi connectivity index (χ2v) is 5.29. The van der Waals surface area contributed by atoms with E-state index in [-0.39, 0.29) is 6.10 Å². The Bertz CT molecular complexity index is 443. The van der Waals surface area contributed by atoms with E-state index in [2.05, 4.69) is 22.3 Å². The van der Waals surface area contributed by atoms with Crippen molar-refractivity contribution in [3.63, 3.8) is 0 Å². The van der Waals surface area contributed by atoms with Gasteiger partial charge in [-0.25, -0.2) is 0 Å². The summed E-state index contributed by atoms with van der Waals surface area (Å²) in [5.74, 6) is 1.62. The molecule has 5 nitrogen and oxygen atoms in total. The number of rotatable bonds is 5. The zero-order chi connectivity index (χ0) is 13.8. The van der Waals surface area contributed by atoms with Gasteiger partial charge in [0.05, 0.1) is 20.3 Å². The Balaban J connectivity index is 1.65. The molecular weight excluding hydrogens is 256 g/mol. The summed E-state index contributed by atoms with van der Waals surface area (Å²) in [5.41, 5.74) is 1.26. The third-order valence-corrected chi connectivity index (χ3v) is 3.74. The number of nitrogens with zero attached hydrogens (tertiary/aromatic N) is 1. The number of ether oxygens (including phenoxy) is 3. The Morgan fingerprint density at radius 2 is 2.05 bits per heavy atom. The molecule has 0 aliphatic carbocycles. The highest BCUT2D eigenvalue weighted by atomic mass is 16.6. The molecule has 2 heterocycles. The Labute approximate surface area is 119 Å². The molecule has 20 heavy (non-hydrogen) atoms. The van der Waals surface area contributed by atoms with Gasteiger partial charge in [-0.3, -0.25) is 4.90 Å². The normalized spacial score (nSPS) is 20.4. The van der Waals surface area contributed by atoms with Crippen molar-refractivity contribution < 1.29 is 14.2 Å². The maximum atomic E-state index is 5.84. The standard InChI is InChI=1S/C15H22N2O3/c1-18-15-8-12(9-17-6-4-16-5-7-17)2-3-14(15)20-13-10-19-11-13/h2-3,8,13,16H,4-7,9-11H2,1H3. The van der Waals surface area contributed by atoms with Gasteiger partial charge in [0.1, 0.15) is 6.10 Å². The molecule has 0 saturated carbocycles. The number of methoxy groups -OCH3 is 1. The van der Waals surface area contributed by atoms with Gasteiger partial charge < -0.3 is 19.5 Å². The van der Waals surface area contributed by atoms with Crippen LogP contribution in [0.4, 0.5) is 0 Å². The molecule has 1 aromatic carbocycles. The zero-order valence-electron chi connectivity index (χ0n) is 11.9. The van der Waals surface area contributed by atoms with Crippen LogP contribution in [0.2, 0.25) is 0 Å². The molecule has 3 rings (SSSR count). The van der Waals surface area contributed by atoms with Crippen LogP contribution in [0.1, 0.15) is 5.56 Å². The van der Waals surface area contributed by atoms with Crippen LogP contribution < -0.4 is 14.8 Å². The highest BCUT2D eigenvalue weighted by Crippen LogP contribution is 2.30. The average molecular weight is 278 g/mol. The molecule has 2 fully saturated rings. The Hall–Kier alpha value is -1.30. The van der Waals surface area contributed by atoms with Gasteiger partial charge in [0, 0.05) is 32.7 Å². The summed E-state index contributed by atoms with van der Waals surface area (Å²) in [6.45, 7) is 6.64. The minimum atomic E-state index is 0.169. The lowest BCUT2D eigenvalue weighted by atomic mass is 10.1. The molecule has 2 saturated heterocycles. The van der Waals surface area contributed by atoms with Gasteiger partial charge in [0.15, 0.2) is 11.5 Å². The minimum Gasteiger partial charge on any atom is -0.493 e. The van der Waals surface area contributed by atoms with Crippen molar-refractivity contribution in [2.24, 2.45) is 0 Å². The summed E-state index contributed by atoms with van der Waals surface area (Å²) in [4.78, 5) is 2.45. The second kappa shape index (κ2) is 6.43. The number of hydrogen-bond donors (Lipinski definition) is 1. The van der Waals surface area contributed by atoms with Crippen LogP contribution in [0.15, 0.2) is 18.2 Å². The molecule has 0 unspecified atom stereocenters. The third-order valence-electron chi connectivity index (χ3n) is 3.74. The van der Waals surface area contributed by atoms with E-state index >= 15 is 0 Å². The number of hydrogen-bond acceptors (Lipinski definition) is 5. The fraction of sp³-hybridized carbons (Fsp3) is 0.600. The largest absolute Gasteiger partial charge is 0.493 e. The summed E-state index contributed by atoms with van der Waals surface area (Å²) in [6.07, 6.45) is 0.169. The van der Waals surface area contributed by atoms with Crippen molar-refractivity contribution in [2.75, 3.05) is 46.5 Å². The molecular formula is C15H22N2O3. The first kappa shape index (κ1) is 13.7. The van der Waals surface area contributed by atoms with E-state index in [0.717, 1.165) is 44.2 Å². The van der Waals surface area contributed by atoms with Crippen molar-refractivity contribution in [3.05, 3.63) is 23.8 Å². The van der Waals surface area contributed by atoms with E-state index in [1.807, 2.05) is 6.07 Å². The first-order valence-electron chi connectivity index (χ1n) is 7.19. The Morgan fingerprint density at radius 3 is 2.70 bits per heavy atom. The molecule has 2 aliphatic rings. The Morgan fingerprint density at radius 1 is 1.25 bits per heavy atom. The molecule has 0 atom stereocenters. The van der Waals surface area contributed by atoms with Gasteiger partial charge in [-0.05, 0) is 17.7 Å². The fourth-order valence-electron chi connectivity index (χ4n) is 2.50. The lowest BCUT2D eigenvalue weighted by Crippen LogP contribution is -2.42. The van der Waals surface area contributed by atoms with Crippen molar-refractivity contribution >= 4 is 0 Å². The predicted octanol–water partition coefficient (Wildman–Crippen LogP) is 0.878. The minimum absolute atomic E-state index is 0.169. The molecule has 110 valence electrons. The van der Waals surface area contributed by atoms with Gasteiger partial charge in [-0.2, -0.15) is 0 Å². The summed E-state index contributed by atoms with van der Waals surface area (Å²) in [6, 6.07) is 6.21. The summed E-state index contributed by atoms with van der Waals surface area (Å²) >= 11 is 0. The van der Waals surface area contributed by atoms with Crippen molar-refractivity contribution in [1.29, 1.82) is 0 Å². The van der Waals surface area contributed by atoms with Crippen molar-refractivity contribution in [3.8, 4) is 11.5 Å². The van der Waals surface area contributed by atoms with E-state index in [1.54, 1.807) is 7.11 Å². The SMILES string of the molecule is COc1cc(CN2CCNCC2)ccc1OC1COC1. The monoisotopic (exact) mass is 278 g/mol. The summed E-state index contributed by atoms with van der Waals surface area (Å²) < 4.78 is 16.4. The maximum absolute atomic E-state index is 5.84. The molecule has 0 bridgehead atoms. The molecule has 5 heteroatoms. The molecule has 1 N–H and O–H groups in total. The second-order valence-electron chi connectivity index (χ2n) is 5.29. The summed E-state index contributed by atoms with van der Waals surface area (Å²) in [7, 11) is 1.69. The predicted molar refractivity (Wildman–Crippen MR) is 76.4 cm³/mol. The average Bonchev–Trinajstić information content (AvgIpc) is 2.45. The van der Waals surface area contributed by atoms with Gasteiger partial charge in [-0.15, -0.1) is 0 Å². The molecule has 0 radical (unpaired) electrons. The quantitative estimate of drug-likeness (QED) is 0.866. The van der Waals surface area contributed by atoms with Crippen molar-refractivity contribution in [2.45, 2.75) is 12.6 Å². The lowest BCUT2D eigenvalue weighted by Gasteiger charge is -2.28. The molecule has 0 amide bonds. The molecule has 0 aromatic heterocycles. The van der Waals surface area contributed by atoms with Gasteiger partial charge in [0.2, 0.25) is 0 Å². The zero-order valence-corrected chi connectivity index (χ0v) is 11.9. The highest BCUT2D eigenvalue weighted by molar-refractivity contribution is 5.43. The maximum Gasteiger partial charge on any atom is 0.161 e. The first-order chi connectivity index (χ1) is 9.85. The van der Waals surface area contributed by atoms with Crippen LogP contribution in [0, 0.1) is 0 Å². The highest BCUT2D eigenvalue weighted by Gasteiger charge is 2.22. The molecule has 2 aliphatic heterocycles. The van der Waals surface area contributed by atoms with Crippen molar-refractivity contribution in [1.82, 2.24) is 10.2 Å². The van der Waals surface area contributed by atoms with E-state index in [1.165, 1.54) is 5.56 Å². The fourth-order valence-corrected chi connectivity index (χ4v) is 2.50. The van der Waals surface area contributed by atoms with Crippen LogP contribution in [0.25, 0.3) is 0 Å². The number of nitrogens with one attached hydrogen (secondary N) is 1. The summed E-state index contributed by atoms with van der Waals surface area (Å²) in [5, 5.41) is 3.37. The third kappa shape index (κ3) is 3.23. The molecule has 0 spiro atoms. The van der Waals surface area contributed by atoms with Crippen LogP contribution >= 0.6 is 0 Å². The topological polar surface area (TPSA) is 43.0 Å². The van der Waals surface area contributed by atoms with Gasteiger partial charge >= 0.3 is 0 Å². The number of piperazine rings is 1.